The average molecular weight is 314 g/mol. The molecular weight excluding hydrogens is 292 g/mol. The summed E-state index contributed by atoms with van der Waals surface area (Å²) in [7, 11) is 1.80. The number of piperidine rings is 1. The molecule has 1 N–H and O–H groups in total. The molecule has 0 radical (unpaired) electrons. The van der Waals surface area contributed by atoms with Crippen molar-refractivity contribution in [3.63, 3.8) is 0 Å². The number of anilines is 1. The Morgan fingerprint density at radius 1 is 1.35 bits per heavy atom. The predicted molar refractivity (Wildman–Crippen MR) is 87.4 cm³/mol. The molecule has 1 fully saturated rings. The SMILES string of the molecule is Cc1cnc(C)c(N2CCCC(NC(=O)c3cnn(C)c3)C2)n1. The predicted octanol–water partition coefficient (Wildman–Crippen LogP) is 1.23. The van der Waals surface area contributed by atoms with Crippen LogP contribution in [0.2, 0.25) is 0 Å². The van der Waals surface area contributed by atoms with Crippen LogP contribution in [-0.2, 0) is 7.05 Å². The number of aromatic nitrogens is 4. The lowest BCUT2D eigenvalue weighted by Gasteiger charge is -2.34. The first-order chi connectivity index (χ1) is 11.0. The van der Waals surface area contributed by atoms with Gasteiger partial charge in [-0.1, -0.05) is 0 Å². The molecule has 1 unspecified atom stereocenters. The first kappa shape index (κ1) is 15.5. The Morgan fingerprint density at radius 2 is 2.17 bits per heavy atom. The van der Waals surface area contributed by atoms with Gasteiger partial charge in [-0.15, -0.1) is 0 Å². The second-order valence-corrected chi connectivity index (χ2v) is 6.08. The normalized spacial score (nSPS) is 18.0. The summed E-state index contributed by atoms with van der Waals surface area (Å²) in [6.07, 6.45) is 7.09. The second-order valence-electron chi connectivity index (χ2n) is 6.08. The molecule has 1 aliphatic rings. The van der Waals surface area contributed by atoms with Crippen LogP contribution < -0.4 is 10.2 Å². The molecule has 0 aliphatic carbocycles. The van der Waals surface area contributed by atoms with E-state index in [9.17, 15) is 4.79 Å². The van der Waals surface area contributed by atoms with Crippen LogP contribution in [0.4, 0.5) is 5.82 Å². The van der Waals surface area contributed by atoms with Gasteiger partial charge in [0.1, 0.15) is 5.82 Å². The monoisotopic (exact) mass is 314 g/mol. The van der Waals surface area contributed by atoms with E-state index in [2.05, 4.69) is 25.3 Å². The van der Waals surface area contributed by atoms with Crippen molar-refractivity contribution >= 4 is 11.7 Å². The van der Waals surface area contributed by atoms with Crippen LogP contribution in [-0.4, -0.2) is 44.8 Å². The molecule has 122 valence electrons. The molecule has 1 saturated heterocycles. The second kappa shape index (κ2) is 6.36. The zero-order chi connectivity index (χ0) is 16.4. The van der Waals surface area contributed by atoms with Crippen molar-refractivity contribution in [1.82, 2.24) is 25.1 Å². The summed E-state index contributed by atoms with van der Waals surface area (Å²) in [6, 6.07) is 0.109. The van der Waals surface area contributed by atoms with Gasteiger partial charge >= 0.3 is 0 Å². The third-order valence-corrected chi connectivity index (χ3v) is 4.07. The van der Waals surface area contributed by atoms with Crippen LogP contribution in [0.15, 0.2) is 18.6 Å². The molecule has 1 aliphatic heterocycles. The van der Waals surface area contributed by atoms with Crippen LogP contribution in [0.25, 0.3) is 0 Å². The highest BCUT2D eigenvalue weighted by Gasteiger charge is 2.24. The standard InChI is InChI=1S/C16H22N6O/c1-11-7-17-12(2)15(19-11)22-6-4-5-14(10-22)20-16(23)13-8-18-21(3)9-13/h7-9,14H,4-6,10H2,1-3H3,(H,20,23). The smallest absolute Gasteiger partial charge is 0.254 e. The van der Waals surface area contributed by atoms with Gasteiger partial charge < -0.3 is 10.2 Å². The fourth-order valence-electron chi connectivity index (χ4n) is 2.92. The Hall–Kier alpha value is -2.44. The number of rotatable bonds is 3. The minimum atomic E-state index is -0.0722. The van der Waals surface area contributed by atoms with Crippen molar-refractivity contribution in [3.8, 4) is 0 Å². The maximum atomic E-state index is 12.3. The van der Waals surface area contributed by atoms with Gasteiger partial charge in [0.15, 0.2) is 0 Å². The highest BCUT2D eigenvalue weighted by Crippen LogP contribution is 2.20. The lowest BCUT2D eigenvalue weighted by Crippen LogP contribution is -2.48. The zero-order valence-electron chi connectivity index (χ0n) is 13.8. The number of carbonyl (C=O) groups excluding carboxylic acids is 1. The van der Waals surface area contributed by atoms with E-state index in [1.165, 1.54) is 0 Å². The van der Waals surface area contributed by atoms with Crippen LogP contribution in [0, 0.1) is 13.8 Å². The average Bonchev–Trinajstić information content (AvgIpc) is 2.97. The van der Waals surface area contributed by atoms with E-state index in [0.29, 0.717) is 5.56 Å². The van der Waals surface area contributed by atoms with E-state index in [1.54, 1.807) is 30.3 Å². The van der Waals surface area contributed by atoms with Gasteiger partial charge in [-0.05, 0) is 26.7 Å². The summed E-state index contributed by atoms with van der Waals surface area (Å²) in [4.78, 5) is 23.5. The van der Waals surface area contributed by atoms with Gasteiger partial charge in [0.2, 0.25) is 0 Å². The summed E-state index contributed by atoms with van der Waals surface area (Å²) in [6.45, 7) is 5.62. The van der Waals surface area contributed by atoms with Crippen molar-refractivity contribution < 1.29 is 4.79 Å². The first-order valence-corrected chi connectivity index (χ1v) is 7.87. The molecule has 0 bridgehead atoms. The zero-order valence-corrected chi connectivity index (χ0v) is 13.8. The number of nitrogens with zero attached hydrogens (tertiary/aromatic N) is 5. The van der Waals surface area contributed by atoms with Crippen molar-refractivity contribution in [2.75, 3.05) is 18.0 Å². The quantitative estimate of drug-likeness (QED) is 0.922. The van der Waals surface area contributed by atoms with Crippen molar-refractivity contribution in [1.29, 1.82) is 0 Å². The minimum absolute atomic E-state index is 0.0722. The van der Waals surface area contributed by atoms with Gasteiger partial charge in [-0.25, -0.2) is 4.98 Å². The molecule has 3 rings (SSSR count). The van der Waals surface area contributed by atoms with E-state index in [4.69, 9.17) is 0 Å². The molecule has 3 heterocycles. The van der Waals surface area contributed by atoms with E-state index >= 15 is 0 Å². The molecule has 1 atom stereocenters. The number of hydrogen-bond donors (Lipinski definition) is 1. The number of nitrogens with one attached hydrogen (secondary N) is 1. The lowest BCUT2D eigenvalue weighted by atomic mass is 10.1. The number of hydrogen-bond acceptors (Lipinski definition) is 5. The molecule has 2 aromatic rings. The van der Waals surface area contributed by atoms with Crippen molar-refractivity contribution in [2.45, 2.75) is 32.7 Å². The first-order valence-electron chi connectivity index (χ1n) is 7.87. The summed E-state index contributed by atoms with van der Waals surface area (Å²) >= 11 is 0. The number of amides is 1. The van der Waals surface area contributed by atoms with Gasteiger partial charge in [0.25, 0.3) is 5.91 Å². The van der Waals surface area contributed by atoms with Crippen LogP contribution in [0.5, 0.6) is 0 Å². The van der Waals surface area contributed by atoms with Crippen LogP contribution >= 0.6 is 0 Å². The van der Waals surface area contributed by atoms with E-state index in [1.807, 2.05) is 13.8 Å². The van der Waals surface area contributed by atoms with Crippen LogP contribution in [0.3, 0.4) is 0 Å². The minimum Gasteiger partial charge on any atom is -0.353 e. The van der Waals surface area contributed by atoms with E-state index < -0.39 is 0 Å². The van der Waals surface area contributed by atoms with Crippen molar-refractivity contribution in [2.24, 2.45) is 7.05 Å². The lowest BCUT2D eigenvalue weighted by molar-refractivity contribution is 0.0933. The van der Waals surface area contributed by atoms with Gasteiger partial charge in [-0.3, -0.25) is 14.5 Å². The molecule has 2 aromatic heterocycles. The highest BCUT2D eigenvalue weighted by molar-refractivity contribution is 5.93. The van der Waals surface area contributed by atoms with Crippen molar-refractivity contribution in [3.05, 3.63) is 35.5 Å². The highest BCUT2D eigenvalue weighted by atomic mass is 16.1. The van der Waals surface area contributed by atoms with Gasteiger partial charge in [-0.2, -0.15) is 5.10 Å². The molecule has 7 heteroatoms. The molecule has 0 spiro atoms. The molecule has 23 heavy (non-hydrogen) atoms. The topological polar surface area (TPSA) is 75.9 Å². The Balaban J connectivity index is 1.68. The maximum absolute atomic E-state index is 12.3. The van der Waals surface area contributed by atoms with Crippen LogP contribution in [0.1, 0.15) is 34.6 Å². The molecule has 1 amide bonds. The fraction of sp³-hybridized carbons (Fsp3) is 0.500. The third-order valence-electron chi connectivity index (χ3n) is 4.07. The van der Waals surface area contributed by atoms with Gasteiger partial charge in [0, 0.05) is 38.6 Å². The summed E-state index contributed by atoms with van der Waals surface area (Å²) in [5.74, 6) is 0.849. The van der Waals surface area contributed by atoms with E-state index in [0.717, 1.165) is 43.1 Å². The molecular formula is C16H22N6O. The fourth-order valence-corrected chi connectivity index (χ4v) is 2.92. The molecule has 0 saturated carbocycles. The molecule has 0 aromatic carbocycles. The summed E-state index contributed by atoms with van der Waals surface area (Å²) < 4.78 is 1.63. The maximum Gasteiger partial charge on any atom is 0.254 e. The summed E-state index contributed by atoms with van der Waals surface area (Å²) in [5.41, 5.74) is 2.43. The number of aryl methyl sites for hydroxylation is 3. The Bertz CT molecular complexity index is 710. The Labute approximate surface area is 135 Å². The van der Waals surface area contributed by atoms with E-state index in [-0.39, 0.29) is 11.9 Å². The Morgan fingerprint density at radius 3 is 2.91 bits per heavy atom. The molecule has 7 nitrogen and oxygen atoms in total. The largest absolute Gasteiger partial charge is 0.353 e. The van der Waals surface area contributed by atoms with Gasteiger partial charge in [0.05, 0.1) is 23.1 Å². The number of carbonyl (C=O) groups is 1. The summed E-state index contributed by atoms with van der Waals surface area (Å²) in [5, 5.41) is 7.14. The Kier molecular flexibility index (Phi) is 4.27. The third kappa shape index (κ3) is 3.49.